The van der Waals surface area contributed by atoms with Crippen molar-refractivity contribution >= 4 is 17.6 Å². The van der Waals surface area contributed by atoms with Crippen molar-refractivity contribution in [2.45, 2.75) is 12.5 Å². The van der Waals surface area contributed by atoms with Crippen LogP contribution >= 0.6 is 11.6 Å². The summed E-state index contributed by atoms with van der Waals surface area (Å²) in [6.45, 7) is 0. The molecule has 4 nitrogen and oxygen atoms in total. The average molecular weight is 232 g/mol. The van der Waals surface area contributed by atoms with Gasteiger partial charge >= 0.3 is 5.97 Å². The lowest BCUT2D eigenvalue weighted by molar-refractivity contribution is -0.138. The summed E-state index contributed by atoms with van der Waals surface area (Å²) in [6.07, 6.45) is 0.259. The van der Waals surface area contributed by atoms with E-state index in [1.165, 1.54) is 0 Å². The van der Waals surface area contributed by atoms with Crippen molar-refractivity contribution in [2.75, 3.05) is 7.11 Å². The van der Waals surface area contributed by atoms with Gasteiger partial charge in [-0.3, -0.25) is 4.79 Å². The number of hydrogen-bond acceptors (Lipinski definition) is 3. The van der Waals surface area contributed by atoms with Crippen molar-refractivity contribution in [1.29, 1.82) is 0 Å². The van der Waals surface area contributed by atoms with E-state index in [-0.39, 0.29) is 6.42 Å². The van der Waals surface area contributed by atoms with Gasteiger partial charge in [-0.25, -0.2) is 0 Å². The molecule has 0 aliphatic carbocycles. The summed E-state index contributed by atoms with van der Waals surface area (Å²) in [4.78, 5) is 10.4. The summed E-state index contributed by atoms with van der Waals surface area (Å²) in [5, 5.41) is 16.1. The van der Waals surface area contributed by atoms with Crippen molar-refractivity contribution in [3.05, 3.63) is 34.9 Å². The van der Waals surface area contributed by atoms with Gasteiger partial charge in [0.1, 0.15) is 6.04 Å². The molecule has 1 aromatic carbocycles. The highest BCUT2D eigenvalue weighted by atomic mass is 35.5. The maximum absolute atomic E-state index is 10.4. The molecule has 1 unspecified atom stereocenters. The quantitative estimate of drug-likeness (QED) is 0.722. The van der Waals surface area contributed by atoms with E-state index in [1.54, 1.807) is 24.3 Å². The third-order valence-electron chi connectivity index (χ3n) is 1.71. The van der Waals surface area contributed by atoms with Crippen molar-refractivity contribution in [2.24, 2.45) is 5.73 Å². The maximum atomic E-state index is 10.4. The molecule has 0 fully saturated rings. The molecule has 0 aliphatic heterocycles. The van der Waals surface area contributed by atoms with E-state index in [1.807, 2.05) is 0 Å². The molecule has 1 aromatic rings. The van der Waals surface area contributed by atoms with Crippen LogP contribution in [0.3, 0.4) is 0 Å². The first kappa shape index (κ1) is 13.9. The van der Waals surface area contributed by atoms with Crippen molar-refractivity contribution in [3.8, 4) is 0 Å². The summed E-state index contributed by atoms with van der Waals surface area (Å²) in [5.74, 6) is -1.01. The monoisotopic (exact) mass is 231 g/mol. The molecule has 4 N–H and O–H groups in total. The van der Waals surface area contributed by atoms with Gasteiger partial charge in [-0.1, -0.05) is 29.8 Å². The van der Waals surface area contributed by atoms with E-state index in [0.717, 1.165) is 12.7 Å². The molecule has 1 rings (SSSR count). The second kappa shape index (κ2) is 7.23. The molecule has 0 amide bonds. The Balaban J connectivity index is 0.000000921. The number of benzene rings is 1. The predicted molar refractivity (Wildman–Crippen MR) is 58.9 cm³/mol. The smallest absolute Gasteiger partial charge is 0.320 e. The van der Waals surface area contributed by atoms with E-state index in [0.29, 0.717) is 5.02 Å². The van der Waals surface area contributed by atoms with Crippen LogP contribution in [0.25, 0.3) is 0 Å². The Morgan fingerprint density at radius 2 is 2.00 bits per heavy atom. The molecule has 0 saturated heterocycles. The van der Waals surface area contributed by atoms with Crippen LogP contribution in [-0.4, -0.2) is 29.3 Å². The molecule has 1 atom stereocenters. The van der Waals surface area contributed by atoms with Gasteiger partial charge in [0.25, 0.3) is 0 Å². The standard InChI is InChI=1S/C9H10ClNO2.CH4O/c10-7-4-2-1-3-6(7)5-8(11)9(12)13;1-2/h1-4,8H,5,11H2,(H,12,13);2H,1H3. The van der Waals surface area contributed by atoms with Crippen molar-refractivity contribution < 1.29 is 15.0 Å². The van der Waals surface area contributed by atoms with Gasteiger partial charge in [-0.2, -0.15) is 0 Å². The average Bonchev–Trinajstić information content (AvgIpc) is 2.24. The van der Waals surface area contributed by atoms with Crippen LogP contribution < -0.4 is 5.73 Å². The molecule has 5 heteroatoms. The van der Waals surface area contributed by atoms with Gasteiger partial charge in [0.2, 0.25) is 0 Å². The van der Waals surface area contributed by atoms with Gasteiger partial charge in [0.05, 0.1) is 0 Å². The maximum Gasteiger partial charge on any atom is 0.320 e. The Labute approximate surface area is 93.3 Å². The fraction of sp³-hybridized carbons (Fsp3) is 0.300. The van der Waals surface area contributed by atoms with Gasteiger partial charge < -0.3 is 15.9 Å². The molecule has 0 heterocycles. The molecule has 0 saturated carbocycles. The number of carbonyl (C=O) groups is 1. The first-order valence-electron chi connectivity index (χ1n) is 4.28. The Hall–Kier alpha value is -1.10. The number of carboxylic acids is 1. The minimum atomic E-state index is -1.01. The third kappa shape index (κ3) is 4.78. The van der Waals surface area contributed by atoms with E-state index in [9.17, 15) is 4.79 Å². The minimum absolute atomic E-state index is 0.259. The van der Waals surface area contributed by atoms with Crippen LogP contribution in [0.5, 0.6) is 0 Å². The van der Waals surface area contributed by atoms with Crippen LogP contribution in [0.15, 0.2) is 24.3 Å². The molecule has 0 bridgehead atoms. The van der Waals surface area contributed by atoms with Crippen molar-refractivity contribution in [3.63, 3.8) is 0 Å². The zero-order valence-corrected chi connectivity index (χ0v) is 9.11. The van der Waals surface area contributed by atoms with E-state index >= 15 is 0 Å². The van der Waals surface area contributed by atoms with Gasteiger partial charge in [-0.05, 0) is 18.1 Å². The largest absolute Gasteiger partial charge is 0.480 e. The summed E-state index contributed by atoms with van der Waals surface area (Å²) in [5.41, 5.74) is 6.12. The molecule has 0 spiro atoms. The summed E-state index contributed by atoms with van der Waals surface area (Å²) in [6, 6.07) is 6.18. The lowest BCUT2D eigenvalue weighted by Gasteiger charge is -2.07. The zero-order chi connectivity index (χ0) is 11.8. The lowest BCUT2D eigenvalue weighted by Crippen LogP contribution is -2.32. The topological polar surface area (TPSA) is 83.5 Å². The predicted octanol–water partition coefficient (Wildman–Crippen LogP) is 0.903. The van der Waals surface area contributed by atoms with E-state index in [4.69, 9.17) is 27.5 Å². The van der Waals surface area contributed by atoms with Crippen LogP contribution in [0.4, 0.5) is 0 Å². The Morgan fingerprint density at radius 3 is 2.47 bits per heavy atom. The fourth-order valence-electron chi connectivity index (χ4n) is 0.988. The van der Waals surface area contributed by atoms with Crippen molar-refractivity contribution in [1.82, 2.24) is 0 Å². The first-order chi connectivity index (χ1) is 7.11. The van der Waals surface area contributed by atoms with E-state index in [2.05, 4.69) is 0 Å². The van der Waals surface area contributed by atoms with Gasteiger partial charge in [0, 0.05) is 12.1 Å². The normalized spacial score (nSPS) is 11.2. The van der Waals surface area contributed by atoms with Crippen LogP contribution in [-0.2, 0) is 11.2 Å². The van der Waals surface area contributed by atoms with Gasteiger partial charge in [0.15, 0.2) is 0 Å². The van der Waals surface area contributed by atoms with E-state index < -0.39 is 12.0 Å². The molecular formula is C10H14ClNO3. The van der Waals surface area contributed by atoms with Crippen LogP contribution in [0, 0.1) is 0 Å². The number of aliphatic hydroxyl groups excluding tert-OH is 1. The number of carboxylic acid groups (broad SMARTS) is 1. The minimum Gasteiger partial charge on any atom is -0.480 e. The Morgan fingerprint density at radius 1 is 1.47 bits per heavy atom. The molecule has 84 valence electrons. The highest BCUT2D eigenvalue weighted by Crippen LogP contribution is 2.15. The second-order valence-corrected chi connectivity index (χ2v) is 3.15. The summed E-state index contributed by atoms with van der Waals surface area (Å²) >= 11 is 5.82. The first-order valence-corrected chi connectivity index (χ1v) is 4.65. The SMILES string of the molecule is CO.NC(Cc1ccccc1Cl)C(=O)O. The highest BCUT2D eigenvalue weighted by molar-refractivity contribution is 6.31. The molecule has 0 aromatic heterocycles. The zero-order valence-electron chi connectivity index (χ0n) is 8.35. The second-order valence-electron chi connectivity index (χ2n) is 2.74. The number of rotatable bonds is 3. The lowest BCUT2D eigenvalue weighted by atomic mass is 10.1. The van der Waals surface area contributed by atoms with Gasteiger partial charge in [-0.15, -0.1) is 0 Å². The highest BCUT2D eigenvalue weighted by Gasteiger charge is 2.13. The number of halogens is 1. The number of hydrogen-bond donors (Lipinski definition) is 3. The Kier molecular flexibility index (Phi) is 6.70. The van der Waals surface area contributed by atoms with Crippen LogP contribution in [0.2, 0.25) is 5.02 Å². The molecule has 0 aliphatic rings. The molecule has 0 radical (unpaired) electrons. The fourth-order valence-corrected chi connectivity index (χ4v) is 1.20. The molecule has 15 heavy (non-hydrogen) atoms. The van der Waals surface area contributed by atoms with Crippen LogP contribution in [0.1, 0.15) is 5.56 Å². The molecular weight excluding hydrogens is 218 g/mol. The summed E-state index contributed by atoms with van der Waals surface area (Å²) in [7, 11) is 1.00. The number of nitrogens with two attached hydrogens (primary N) is 1. The number of aliphatic hydroxyl groups is 1. The Bertz CT molecular complexity index is 317. The third-order valence-corrected chi connectivity index (χ3v) is 2.08. The number of aliphatic carboxylic acids is 1. The summed E-state index contributed by atoms with van der Waals surface area (Å²) < 4.78 is 0.